The lowest BCUT2D eigenvalue weighted by atomic mass is 10.2. The van der Waals surface area contributed by atoms with Gasteiger partial charge in [-0.05, 0) is 32.5 Å². The van der Waals surface area contributed by atoms with Crippen LogP contribution in [0, 0.1) is 18.3 Å². The quantitative estimate of drug-likeness (QED) is 0.803. The molecule has 1 aliphatic heterocycles. The van der Waals surface area contributed by atoms with E-state index >= 15 is 0 Å². The number of hydrogen-bond acceptors (Lipinski definition) is 4. The van der Waals surface area contributed by atoms with E-state index in [1.165, 1.54) is 0 Å². The second-order valence-corrected chi connectivity index (χ2v) is 4.16. The molecule has 1 aliphatic rings. The van der Waals surface area contributed by atoms with Gasteiger partial charge in [-0.3, -0.25) is 0 Å². The number of pyridine rings is 1. The fourth-order valence-electron chi connectivity index (χ4n) is 2.06. The van der Waals surface area contributed by atoms with Gasteiger partial charge in [-0.25, -0.2) is 4.98 Å². The van der Waals surface area contributed by atoms with E-state index in [-0.39, 0.29) is 0 Å². The number of hydrogen-bond donors (Lipinski definition) is 1. The van der Waals surface area contributed by atoms with Crippen LogP contribution in [0.4, 0.5) is 5.82 Å². The zero-order valence-electron chi connectivity index (χ0n) is 9.70. The van der Waals surface area contributed by atoms with Crippen molar-refractivity contribution in [3.63, 3.8) is 0 Å². The minimum absolute atomic E-state index is 0.508. The first-order valence-electron chi connectivity index (χ1n) is 5.54. The minimum atomic E-state index is 0.508. The average Bonchev–Trinajstić information content (AvgIpc) is 2.77. The molecule has 1 N–H and O–H groups in total. The van der Waals surface area contributed by atoms with Crippen molar-refractivity contribution in [2.45, 2.75) is 19.4 Å². The van der Waals surface area contributed by atoms with Crippen LogP contribution in [-0.2, 0) is 0 Å². The highest BCUT2D eigenvalue weighted by molar-refractivity contribution is 5.55. The molecule has 0 aromatic carbocycles. The van der Waals surface area contributed by atoms with Gasteiger partial charge in [0.2, 0.25) is 0 Å². The lowest BCUT2D eigenvalue weighted by Crippen LogP contribution is -2.30. The summed E-state index contributed by atoms with van der Waals surface area (Å²) in [6, 6.07) is 6.45. The van der Waals surface area contributed by atoms with Crippen LogP contribution in [0.1, 0.15) is 17.7 Å². The van der Waals surface area contributed by atoms with E-state index in [1.54, 1.807) is 0 Å². The number of nitriles is 1. The molecule has 4 nitrogen and oxygen atoms in total. The third-order valence-corrected chi connectivity index (χ3v) is 3.03. The Balaban J connectivity index is 2.27. The first kappa shape index (κ1) is 10.9. The molecular weight excluding hydrogens is 200 g/mol. The van der Waals surface area contributed by atoms with Crippen LogP contribution in [-0.4, -0.2) is 31.2 Å². The van der Waals surface area contributed by atoms with Crippen LogP contribution in [0.5, 0.6) is 0 Å². The molecule has 0 amide bonds. The van der Waals surface area contributed by atoms with E-state index < -0.39 is 0 Å². The summed E-state index contributed by atoms with van der Waals surface area (Å²) in [6.45, 7) is 3.86. The normalized spacial score (nSPS) is 19.8. The molecule has 2 rings (SSSR count). The van der Waals surface area contributed by atoms with Crippen molar-refractivity contribution in [1.82, 2.24) is 10.3 Å². The fraction of sp³-hybridized carbons (Fsp3) is 0.500. The molecule has 1 saturated heterocycles. The summed E-state index contributed by atoms with van der Waals surface area (Å²) in [7, 11) is 1.98. The molecule has 1 atom stereocenters. The summed E-state index contributed by atoms with van der Waals surface area (Å²) in [5.41, 5.74) is 1.63. The van der Waals surface area contributed by atoms with Gasteiger partial charge in [0.25, 0.3) is 0 Å². The Hall–Kier alpha value is -1.60. The lowest BCUT2D eigenvalue weighted by molar-refractivity contribution is 0.616. The van der Waals surface area contributed by atoms with Crippen molar-refractivity contribution < 1.29 is 0 Å². The fourth-order valence-corrected chi connectivity index (χ4v) is 2.06. The van der Waals surface area contributed by atoms with Gasteiger partial charge in [-0.2, -0.15) is 5.26 Å². The van der Waals surface area contributed by atoms with Gasteiger partial charge in [0, 0.05) is 24.8 Å². The molecule has 0 saturated carbocycles. The van der Waals surface area contributed by atoms with Crippen molar-refractivity contribution in [2.24, 2.45) is 0 Å². The molecule has 0 aliphatic carbocycles. The van der Waals surface area contributed by atoms with E-state index in [4.69, 9.17) is 5.26 Å². The topological polar surface area (TPSA) is 52.0 Å². The highest BCUT2D eigenvalue weighted by Crippen LogP contribution is 2.22. The molecule has 1 fully saturated rings. The van der Waals surface area contributed by atoms with E-state index in [0.29, 0.717) is 11.6 Å². The van der Waals surface area contributed by atoms with Crippen LogP contribution in [0.15, 0.2) is 12.1 Å². The zero-order chi connectivity index (χ0) is 11.5. The van der Waals surface area contributed by atoms with Gasteiger partial charge in [0.05, 0.1) is 5.56 Å². The third kappa shape index (κ3) is 2.00. The Labute approximate surface area is 95.9 Å². The number of likely N-dealkylation sites (N-methyl/N-ethyl adjacent to an activating group) is 1. The molecule has 1 unspecified atom stereocenters. The number of nitrogens with one attached hydrogen (secondary N) is 1. The van der Waals surface area contributed by atoms with E-state index in [0.717, 1.165) is 31.0 Å². The Morgan fingerprint density at radius 1 is 1.56 bits per heavy atom. The molecule has 0 bridgehead atoms. The number of aromatic nitrogens is 1. The van der Waals surface area contributed by atoms with E-state index in [1.807, 2.05) is 26.1 Å². The Morgan fingerprint density at radius 3 is 3.00 bits per heavy atom. The highest BCUT2D eigenvalue weighted by atomic mass is 15.2. The van der Waals surface area contributed by atoms with Crippen LogP contribution < -0.4 is 10.2 Å². The van der Waals surface area contributed by atoms with E-state index in [9.17, 15) is 0 Å². The van der Waals surface area contributed by atoms with Gasteiger partial charge < -0.3 is 10.2 Å². The molecule has 84 valence electrons. The van der Waals surface area contributed by atoms with Crippen LogP contribution in [0.25, 0.3) is 0 Å². The predicted molar refractivity (Wildman–Crippen MR) is 63.4 cm³/mol. The summed E-state index contributed by atoms with van der Waals surface area (Å²) >= 11 is 0. The Kier molecular flexibility index (Phi) is 3.07. The molecule has 16 heavy (non-hydrogen) atoms. The number of rotatable bonds is 2. The van der Waals surface area contributed by atoms with Crippen molar-refractivity contribution in [3.8, 4) is 6.07 Å². The van der Waals surface area contributed by atoms with Crippen LogP contribution in [0.3, 0.4) is 0 Å². The highest BCUT2D eigenvalue weighted by Gasteiger charge is 2.23. The smallest absolute Gasteiger partial charge is 0.146 e. The molecule has 1 aromatic heterocycles. The Morgan fingerprint density at radius 2 is 2.38 bits per heavy atom. The van der Waals surface area contributed by atoms with Crippen molar-refractivity contribution in [1.29, 1.82) is 5.26 Å². The van der Waals surface area contributed by atoms with Gasteiger partial charge >= 0.3 is 0 Å². The van der Waals surface area contributed by atoms with Gasteiger partial charge in [0.15, 0.2) is 0 Å². The zero-order valence-corrected chi connectivity index (χ0v) is 9.70. The van der Waals surface area contributed by atoms with Gasteiger partial charge in [-0.1, -0.05) is 0 Å². The average molecular weight is 216 g/mol. The molecular formula is C12H16N4. The molecule has 4 heteroatoms. The maximum atomic E-state index is 9.06. The number of anilines is 1. The summed E-state index contributed by atoms with van der Waals surface area (Å²) in [5, 5.41) is 12.3. The SMILES string of the molecule is CNC1CCN(c2nc(C)ccc2C#N)C1. The summed E-state index contributed by atoms with van der Waals surface area (Å²) < 4.78 is 0. The number of nitrogens with zero attached hydrogens (tertiary/aromatic N) is 3. The minimum Gasteiger partial charge on any atom is -0.354 e. The van der Waals surface area contributed by atoms with Crippen molar-refractivity contribution in [3.05, 3.63) is 23.4 Å². The largest absolute Gasteiger partial charge is 0.354 e. The second kappa shape index (κ2) is 4.50. The van der Waals surface area contributed by atoms with Crippen molar-refractivity contribution in [2.75, 3.05) is 25.0 Å². The summed E-state index contributed by atoms with van der Waals surface area (Å²) in [4.78, 5) is 6.66. The summed E-state index contributed by atoms with van der Waals surface area (Å²) in [6.07, 6.45) is 1.11. The first-order chi connectivity index (χ1) is 7.74. The van der Waals surface area contributed by atoms with Gasteiger partial charge in [0.1, 0.15) is 11.9 Å². The van der Waals surface area contributed by atoms with E-state index in [2.05, 4.69) is 21.3 Å². The second-order valence-electron chi connectivity index (χ2n) is 4.16. The first-order valence-corrected chi connectivity index (χ1v) is 5.54. The Bertz CT molecular complexity index is 422. The molecule has 0 radical (unpaired) electrons. The number of aryl methyl sites for hydroxylation is 1. The maximum Gasteiger partial charge on any atom is 0.146 e. The lowest BCUT2D eigenvalue weighted by Gasteiger charge is -2.18. The standard InChI is InChI=1S/C12H16N4/c1-9-3-4-10(7-13)12(15-9)16-6-5-11(8-16)14-2/h3-4,11,14H,5-6,8H2,1-2H3. The van der Waals surface area contributed by atoms with Crippen molar-refractivity contribution >= 4 is 5.82 Å². The molecule has 0 spiro atoms. The monoisotopic (exact) mass is 216 g/mol. The van der Waals surface area contributed by atoms with Crippen LogP contribution >= 0.6 is 0 Å². The van der Waals surface area contributed by atoms with Gasteiger partial charge in [-0.15, -0.1) is 0 Å². The molecule has 2 heterocycles. The van der Waals surface area contributed by atoms with Crippen LogP contribution in [0.2, 0.25) is 0 Å². The summed E-state index contributed by atoms with van der Waals surface area (Å²) in [5.74, 6) is 0.834. The maximum absolute atomic E-state index is 9.06. The third-order valence-electron chi connectivity index (χ3n) is 3.03. The predicted octanol–water partition coefficient (Wildman–Crippen LogP) is 1.06. The molecule has 1 aromatic rings.